The van der Waals surface area contributed by atoms with Crippen molar-refractivity contribution < 1.29 is 27.9 Å². The van der Waals surface area contributed by atoms with Crippen molar-refractivity contribution in [2.45, 2.75) is 12.6 Å². The maximum absolute atomic E-state index is 12.8. The number of hydrogen-bond donors (Lipinski definition) is 1. The number of nitrogens with zero attached hydrogens (tertiary/aromatic N) is 1. The van der Waals surface area contributed by atoms with Gasteiger partial charge in [0.25, 0.3) is 0 Å². The van der Waals surface area contributed by atoms with Gasteiger partial charge in [0.2, 0.25) is 0 Å². The molecule has 0 bridgehead atoms. The molecule has 2 aromatic carbocycles. The van der Waals surface area contributed by atoms with Gasteiger partial charge in [-0.05, 0) is 29.8 Å². The van der Waals surface area contributed by atoms with Gasteiger partial charge in [-0.2, -0.15) is 18.4 Å². The van der Waals surface area contributed by atoms with E-state index in [9.17, 15) is 22.8 Å². The lowest BCUT2D eigenvalue weighted by molar-refractivity contribution is -0.137. The molecule has 0 saturated heterocycles. The van der Waals surface area contributed by atoms with E-state index >= 15 is 0 Å². The van der Waals surface area contributed by atoms with Crippen molar-refractivity contribution in [2.75, 3.05) is 0 Å². The highest BCUT2D eigenvalue weighted by atomic mass is 19.4. The Bertz CT molecular complexity index is 851. The van der Waals surface area contributed by atoms with E-state index in [1.807, 2.05) is 0 Å². The predicted octanol–water partition coefficient (Wildman–Crippen LogP) is 3.70. The molecule has 7 heteroatoms. The lowest BCUT2D eigenvalue weighted by atomic mass is 9.96. The van der Waals surface area contributed by atoms with E-state index in [2.05, 4.69) is 0 Å². The standard InChI is InChI=1S/C17H10F3NO3/c18-17(19,20)12-6-10(5-11(7-12)9-21)8-15(22)13-3-1-2-4-14(13)16(23)24/h1-7H,8H2,(H,23,24). The Morgan fingerprint density at radius 3 is 2.25 bits per heavy atom. The highest BCUT2D eigenvalue weighted by Gasteiger charge is 2.31. The highest BCUT2D eigenvalue weighted by molar-refractivity contribution is 6.06. The molecule has 24 heavy (non-hydrogen) atoms. The molecule has 2 rings (SSSR count). The normalized spacial score (nSPS) is 10.9. The zero-order chi connectivity index (χ0) is 17.9. The average molecular weight is 333 g/mol. The first-order valence-corrected chi connectivity index (χ1v) is 6.69. The maximum Gasteiger partial charge on any atom is 0.416 e. The number of alkyl halides is 3. The van der Waals surface area contributed by atoms with Gasteiger partial charge in [-0.3, -0.25) is 4.79 Å². The molecule has 0 aliphatic heterocycles. The number of hydrogen-bond acceptors (Lipinski definition) is 3. The molecule has 1 N–H and O–H groups in total. The Morgan fingerprint density at radius 2 is 1.71 bits per heavy atom. The number of ketones is 1. The lowest BCUT2D eigenvalue weighted by Gasteiger charge is -2.10. The minimum Gasteiger partial charge on any atom is -0.478 e. The van der Waals surface area contributed by atoms with Crippen LogP contribution in [-0.4, -0.2) is 16.9 Å². The first-order valence-electron chi connectivity index (χ1n) is 6.69. The summed E-state index contributed by atoms with van der Waals surface area (Å²) in [5, 5.41) is 17.9. The molecule has 0 radical (unpaired) electrons. The second-order valence-electron chi connectivity index (χ2n) is 4.98. The van der Waals surface area contributed by atoms with E-state index in [4.69, 9.17) is 10.4 Å². The zero-order valence-corrected chi connectivity index (χ0v) is 12.1. The van der Waals surface area contributed by atoms with Crippen LogP contribution in [0.3, 0.4) is 0 Å². The molecule has 0 aromatic heterocycles. The van der Waals surface area contributed by atoms with Gasteiger partial charge in [0, 0.05) is 12.0 Å². The summed E-state index contributed by atoms with van der Waals surface area (Å²) in [6.07, 6.45) is -5.09. The first-order chi connectivity index (χ1) is 11.2. The number of benzene rings is 2. The van der Waals surface area contributed by atoms with Gasteiger partial charge in [0.05, 0.1) is 22.8 Å². The Labute approximate surface area is 134 Å². The molecule has 0 spiro atoms. The third-order valence-electron chi connectivity index (χ3n) is 3.27. The van der Waals surface area contributed by atoms with E-state index in [1.54, 1.807) is 6.07 Å². The first kappa shape index (κ1) is 17.2. The van der Waals surface area contributed by atoms with Crippen LogP contribution in [0.25, 0.3) is 0 Å². The van der Waals surface area contributed by atoms with E-state index in [0.29, 0.717) is 6.07 Å². The van der Waals surface area contributed by atoms with Crippen LogP contribution >= 0.6 is 0 Å². The zero-order valence-electron chi connectivity index (χ0n) is 12.1. The third kappa shape index (κ3) is 3.79. The van der Waals surface area contributed by atoms with Crippen molar-refractivity contribution in [2.24, 2.45) is 0 Å². The van der Waals surface area contributed by atoms with E-state index in [1.165, 1.54) is 30.3 Å². The largest absolute Gasteiger partial charge is 0.478 e. The number of halogens is 3. The lowest BCUT2D eigenvalue weighted by Crippen LogP contribution is -2.12. The van der Waals surface area contributed by atoms with Gasteiger partial charge in [-0.1, -0.05) is 18.2 Å². The fourth-order valence-electron chi connectivity index (χ4n) is 2.22. The van der Waals surface area contributed by atoms with Crippen LogP contribution in [-0.2, 0) is 12.6 Å². The molecule has 2 aromatic rings. The summed E-state index contributed by atoms with van der Waals surface area (Å²) in [6, 6.07) is 9.71. The summed E-state index contributed by atoms with van der Waals surface area (Å²) in [5.74, 6) is -1.95. The number of carboxylic acids is 1. The van der Waals surface area contributed by atoms with Crippen molar-refractivity contribution in [1.29, 1.82) is 5.26 Å². The van der Waals surface area contributed by atoms with Crippen LogP contribution in [0, 0.1) is 11.3 Å². The Kier molecular flexibility index (Phi) is 4.69. The van der Waals surface area contributed by atoms with Crippen LogP contribution in [0.1, 0.15) is 37.4 Å². The molecule has 0 heterocycles. The number of Topliss-reactive ketones (excluding diaryl/α,β-unsaturated/α-hetero) is 1. The van der Waals surface area contributed by atoms with E-state index in [-0.39, 0.29) is 22.3 Å². The highest BCUT2D eigenvalue weighted by Crippen LogP contribution is 2.31. The average Bonchev–Trinajstić information content (AvgIpc) is 2.53. The number of carbonyl (C=O) groups excluding carboxylic acids is 1. The monoisotopic (exact) mass is 333 g/mol. The number of aromatic carboxylic acids is 1. The van der Waals surface area contributed by atoms with Crippen LogP contribution in [0.5, 0.6) is 0 Å². The third-order valence-corrected chi connectivity index (χ3v) is 3.27. The second kappa shape index (κ2) is 6.54. The van der Waals surface area contributed by atoms with Crippen molar-refractivity contribution in [1.82, 2.24) is 0 Å². The fourth-order valence-corrected chi connectivity index (χ4v) is 2.22. The smallest absolute Gasteiger partial charge is 0.416 e. The molecule has 0 amide bonds. The van der Waals surface area contributed by atoms with Gasteiger partial charge < -0.3 is 5.11 Å². The SMILES string of the molecule is N#Cc1cc(CC(=O)c2ccccc2C(=O)O)cc(C(F)(F)F)c1. The molecule has 122 valence electrons. The van der Waals surface area contributed by atoms with Gasteiger partial charge in [0.1, 0.15) is 0 Å². The molecule has 0 fully saturated rings. The summed E-state index contributed by atoms with van der Waals surface area (Å²) >= 11 is 0. The van der Waals surface area contributed by atoms with E-state index < -0.39 is 29.9 Å². The topological polar surface area (TPSA) is 78.2 Å². The molecular weight excluding hydrogens is 323 g/mol. The van der Waals surface area contributed by atoms with Crippen molar-refractivity contribution in [3.05, 3.63) is 70.3 Å². The summed E-state index contributed by atoms with van der Waals surface area (Å²) in [4.78, 5) is 23.4. The van der Waals surface area contributed by atoms with Gasteiger partial charge in [0.15, 0.2) is 5.78 Å². The molecule has 0 aliphatic rings. The van der Waals surface area contributed by atoms with Gasteiger partial charge in [-0.15, -0.1) is 0 Å². The van der Waals surface area contributed by atoms with Crippen molar-refractivity contribution in [3.8, 4) is 6.07 Å². The summed E-state index contributed by atoms with van der Waals surface area (Å²) < 4.78 is 38.5. The second-order valence-corrected chi connectivity index (χ2v) is 4.98. The summed E-state index contributed by atoms with van der Waals surface area (Å²) in [7, 11) is 0. The van der Waals surface area contributed by atoms with Crippen LogP contribution < -0.4 is 0 Å². The molecular formula is C17H10F3NO3. The van der Waals surface area contributed by atoms with E-state index in [0.717, 1.165) is 6.07 Å². The molecule has 0 aliphatic carbocycles. The van der Waals surface area contributed by atoms with Gasteiger partial charge >= 0.3 is 12.1 Å². The van der Waals surface area contributed by atoms with Crippen molar-refractivity contribution in [3.63, 3.8) is 0 Å². The quantitative estimate of drug-likeness (QED) is 0.865. The van der Waals surface area contributed by atoms with Crippen LogP contribution in [0.15, 0.2) is 42.5 Å². The van der Waals surface area contributed by atoms with Crippen LogP contribution in [0.2, 0.25) is 0 Å². The number of nitriles is 1. The molecule has 0 atom stereocenters. The van der Waals surface area contributed by atoms with Crippen molar-refractivity contribution >= 4 is 11.8 Å². The fraction of sp³-hybridized carbons (Fsp3) is 0.118. The molecule has 0 saturated carbocycles. The number of carbonyl (C=O) groups is 2. The van der Waals surface area contributed by atoms with Crippen LogP contribution in [0.4, 0.5) is 13.2 Å². The minimum absolute atomic E-state index is 0.00781. The van der Waals surface area contributed by atoms with Gasteiger partial charge in [-0.25, -0.2) is 4.79 Å². The maximum atomic E-state index is 12.8. The molecule has 4 nitrogen and oxygen atoms in total. The Balaban J connectivity index is 2.40. The number of carboxylic acid groups (broad SMARTS) is 1. The predicted molar refractivity (Wildman–Crippen MR) is 77.6 cm³/mol. The Morgan fingerprint density at radius 1 is 1.08 bits per heavy atom. The summed E-state index contributed by atoms with van der Waals surface area (Å²) in [5.41, 5.74) is -1.59. The Hall–Kier alpha value is -3.14. The number of rotatable bonds is 4. The summed E-state index contributed by atoms with van der Waals surface area (Å²) in [6.45, 7) is 0. The molecule has 0 unspecified atom stereocenters. The minimum atomic E-state index is -4.65.